The van der Waals surface area contributed by atoms with Gasteiger partial charge in [0.25, 0.3) is 0 Å². The summed E-state index contributed by atoms with van der Waals surface area (Å²) < 4.78 is 5.22. The maximum absolute atomic E-state index is 10.2. The lowest BCUT2D eigenvalue weighted by Gasteiger charge is -2.23. The number of benzene rings is 1. The first kappa shape index (κ1) is 15.2. The van der Waals surface area contributed by atoms with Crippen molar-refractivity contribution in [1.29, 1.82) is 0 Å². The quantitative estimate of drug-likeness (QED) is 0.842. The number of nitrogens with zero attached hydrogens (tertiary/aromatic N) is 1. The lowest BCUT2D eigenvalue weighted by molar-refractivity contribution is 0.0626. The van der Waals surface area contributed by atoms with E-state index in [0.29, 0.717) is 6.54 Å². The zero-order valence-electron chi connectivity index (χ0n) is 12.1. The number of likely N-dealkylation sites (N-methyl/N-ethyl adjacent to an activating group) is 1. The maximum Gasteiger partial charge on any atom is 0.0917 e. The summed E-state index contributed by atoms with van der Waals surface area (Å²) in [4.78, 5) is 2.09. The molecule has 0 heterocycles. The molecule has 102 valence electrons. The number of rotatable bonds is 6. The lowest BCUT2D eigenvalue weighted by atomic mass is 10.0. The summed E-state index contributed by atoms with van der Waals surface area (Å²) in [5.41, 5.74) is 3.37. The predicted octanol–water partition coefficient (Wildman–Crippen LogP) is 2.30. The molecule has 2 atom stereocenters. The summed E-state index contributed by atoms with van der Waals surface area (Å²) in [6.07, 6.45) is -0.265. The van der Waals surface area contributed by atoms with E-state index in [-0.39, 0.29) is 6.10 Å². The van der Waals surface area contributed by atoms with Gasteiger partial charge < -0.3 is 14.7 Å². The Balaban J connectivity index is 2.61. The fourth-order valence-corrected chi connectivity index (χ4v) is 2.19. The van der Waals surface area contributed by atoms with E-state index >= 15 is 0 Å². The third kappa shape index (κ3) is 4.77. The smallest absolute Gasteiger partial charge is 0.0917 e. The van der Waals surface area contributed by atoms with Gasteiger partial charge in [0.1, 0.15) is 0 Å². The highest BCUT2D eigenvalue weighted by Gasteiger charge is 2.13. The molecule has 1 N–H and O–H groups in total. The fourth-order valence-electron chi connectivity index (χ4n) is 2.19. The van der Waals surface area contributed by atoms with Gasteiger partial charge in [-0.25, -0.2) is 0 Å². The number of hydrogen-bond donors (Lipinski definition) is 1. The van der Waals surface area contributed by atoms with Crippen molar-refractivity contribution >= 4 is 0 Å². The Kier molecular flexibility index (Phi) is 5.79. The van der Waals surface area contributed by atoms with Crippen LogP contribution in [0.25, 0.3) is 0 Å². The Bertz CT molecular complexity index is 359. The number of hydrogen-bond acceptors (Lipinski definition) is 3. The monoisotopic (exact) mass is 251 g/mol. The van der Waals surface area contributed by atoms with Gasteiger partial charge in [0.05, 0.1) is 12.2 Å². The van der Waals surface area contributed by atoms with Gasteiger partial charge in [-0.05, 0) is 33.4 Å². The predicted molar refractivity (Wildman–Crippen MR) is 74.8 cm³/mol. The highest BCUT2D eigenvalue weighted by Crippen LogP contribution is 2.17. The molecule has 1 rings (SSSR count). The van der Waals surface area contributed by atoms with Crippen LogP contribution in [0.3, 0.4) is 0 Å². The summed E-state index contributed by atoms with van der Waals surface area (Å²) in [6, 6.07) is 6.21. The summed E-state index contributed by atoms with van der Waals surface area (Å²) in [5, 5.41) is 10.2. The second-order valence-electron chi connectivity index (χ2n) is 5.20. The average molecular weight is 251 g/mol. The van der Waals surface area contributed by atoms with E-state index in [1.54, 1.807) is 7.11 Å². The molecule has 0 amide bonds. The van der Waals surface area contributed by atoms with Crippen LogP contribution in [0.1, 0.15) is 29.7 Å². The molecule has 0 saturated heterocycles. The Morgan fingerprint density at radius 3 is 2.22 bits per heavy atom. The summed E-state index contributed by atoms with van der Waals surface area (Å²) in [5.74, 6) is 0. The van der Waals surface area contributed by atoms with Gasteiger partial charge in [0.15, 0.2) is 0 Å². The largest absolute Gasteiger partial charge is 0.387 e. The van der Waals surface area contributed by atoms with Crippen LogP contribution in [0.4, 0.5) is 0 Å². The third-order valence-electron chi connectivity index (χ3n) is 3.08. The molecule has 0 aliphatic carbocycles. The van der Waals surface area contributed by atoms with Crippen molar-refractivity contribution < 1.29 is 9.84 Å². The molecule has 3 heteroatoms. The SMILES string of the molecule is COC(C)CN(C)CC(O)c1cc(C)cc(C)c1. The van der Waals surface area contributed by atoms with E-state index in [9.17, 15) is 5.11 Å². The average Bonchev–Trinajstić information content (AvgIpc) is 2.27. The topological polar surface area (TPSA) is 32.7 Å². The molecular weight excluding hydrogens is 226 g/mol. The van der Waals surface area contributed by atoms with E-state index in [0.717, 1.165) is 12.1 Å². The Morgan fingerprint density at radius 1 is 1.17 bits per heavy atom. The van der Waals surface area contributed by atoms with Gasteiger partial charge in [-0.15, -0.1) is 0 Å². The number of aliphatic hydroxyl groups excluding tert-OH is 1. The molecule has 0 saturated carbocycles. The molecule has 0 aromatic heterocycles. The summed E-state index contributed by atoms with van der Waals surface area (Å²) in [7, 11) is 3.71. The van der Waals surface area contributed by atoms with E-state index < -0.39 is 6.10 Å². The van der Waals surface area contributed by atoms with Crippen molar-refractivity contribution in [2.75, 3.05) is 27.2 Å². The first-order valence-corrected chi connectivity index (χ1v) is 6.40. The van der Waals surface area contributed by atoms with E-state index in [1.807, 2.05) is 26.1 Å². The highest BCUT2D eigenvalue weighted by molar-refractivity contribution is 5.30. The van der Waals surface area contributed by atoms with Gasteiger partial charge >= 0.3 is 0 Å². The minimum Gasteiger partial charge on any atom is -0.387 e. The number of ether oxygens (including phenoxy) is 1. The fraction of sp³-hybridized carbons (Fsp3) is 0.600. The van der Waals surface area contributed by atoms with Crippen LogP contribution in [0, 0.1) is 13.8 Å². The minimum absolute atomic E-state index is 0.182. The van der Waals surface area contributed by atoms with Gasteiger partial charge in [-0.3, -0.25) is 0 Å². The van der Waals surface area contributed by atoms with Crippen molar-refractivity contribution in [3.63, 3.8) is 0 Å². The van der Waals surface area contributed by atoms with Crippen molar-refractivity contribution in [1.82, 2.24) is 4.90 Å². The molecule has 18 heavy (non-hydrogen) atoms. The van der Waals surface area contributed by atoms with Crippen LogP contribution < -0.4 is 0 Å². The van der Waals surface area contributed by atoms with E-state index in [4.69, 9.17) is 4.74 Å². The second-order valence-corrected chi connectivity index (χ2v) is 5.20. The standard InChI is InChI=1S/C15H25NO2/c1-11-6-12(2)8-14(7-11)15(17)10-16(4)9-13(3)18-5/h6-8,13,15,17H,9-10H2,1-5H3. The maximum atomic E-state index is 10.2. The summed E-state index contributed by atoms with van der Waals surface area (Å²) in [6.45, 7) is 7.58. The highest BCUT2D eigenvalue weighted by atomic mass is 16.5. The van der Waals surface area contributed by atoms with Crippen LogP contribution >= 0.6 is 0 Å². The van der Waals surface area contributed by atoms with Gasteiger partial charge in [0.2, 0.25) is 0 Å². The molecule has 1 aromatic rings. The first-order chi connectivity index (χ1) is 8.42. The van der Waals surface area contributed by atoms with Crippen LogP contribution in [-0.2, 0) is 4.74 Å². The van der Waals surface area contributed by atoms with Crippen molar-refractivity contribution in [2.24, 2.45) is 0 Å². The van der Waals surface area contributed by atoms with Crippen LogP contribution in [0.5, 0.6) is 0 Å². The second kappa shape index (κ2) is 6.88. The van der Waals surface area contributed by atoms with E-state index in [1.165, 1.54) is 11.1 Å². The van der Waals surface area contributed by atoms with Crippen molar-refractivity contribution in [2.45, 2.75) is 33.0 Å². The minimum atomic E-state index is -0.447. The molecule has 0 aliphatic rings. The van der Waals surface area contributed by atoms with Gasteiger partial charge in [0, 0.05) is 20.2 Å². The van der Waals surface area contributed by atoms with Crippen molar-refractivity contribution in [3.8, 4) is 0 Å². The zero-order valence-corrected chi connectivity index (χ0v) is 12.1. The molecule has 1 aromatic carbocycles. The molecular formula is C15H25NO2. The molecule has 0 fully saturated rings. The Morgan fingerprint density at radius 2 is 1.72 bits per heavy atom. The van der Waals surface area contributed by atoms with Crippen molar-refractivity contribution in [3.05, 3.63) is 34.9 Å². The van der Waals surface area contributed by atoms with Crippen LogP contribution in [0.2, 0.25) is 0 Å². The Hall–Kier alpha value is -0.900. The Labute approximate surface area is 110 Å². The zero-order chi connectivity index (χ0) is 13.7. The number of methoxy groups -OCH3 is 1. The molecule has 2 unspecified atom stereocenters. The number of aryl methyl sites for hydroxylation is 2. The van der Waals surface area contributed by atoms with Gasteiger partial charge in [-0.2, -0.15) is 0 Å². The molecule has 0 spiro atoms. The molecule has 3 nitrogen and oxygen atoms in total. The van der Waals surface area contributed by atoms with E-state index in [2.05, 4.69) is 24.8 Å². The van der Waals surface area contributed by atoms with Gasteiger partial charge in [-0.1, -0.05) is 29.3 Å². The lowest BCUT2D eigenvalue weighted by Crippen LogP contribution is -2.32. The van der Waals surface area contributed by atoms with Crippen LogP contribution in [-0.4, -0.2) is 43.4 Å². The summed E-state index contributed by atoms with van der Waals surface area (Å²) >= 11 is 0. The molecule has 0 radical (unpaired) electrons. The normalized spacial score (nSPS) is 14.8. The first-order valence-electron chi connectivity index (χ1n) is 6.40. The number of aliphatic hydroxyl groups is 1. The third-order valence-corrected chi connectivity index (χ3v) is 3.08. The molecule has 0 bridgehead atoms. The molecule has 0 aliphatic heterocycles. The van der Waals surface area contributed by atoms with Crippen LogP contribution in [0.15, 0.2) is 18.2 Å².